The number of carbonyl (C=O) groups is 1. The van der Waals surface area contributed by atoms with Crippen LogP contribution in [0.2, 0.25) is 5.02 Å². The molecule has 0 aliphatic rings. The Morgan fingerprint density at radius 2 is 2.09 bits per heavy atom. The molecule has 0 saturated heterocycles. The smallest absolute Gasteiger partial charge is 0.223 e. The second kappa shape index (κ2) is 6.66. The highest BCUT2D eigenvalue weighted by atomic mass is 35.5. The van der Waals surface area contributed by atoms with E-state index in [2.05, 4.69) is 20.6 Å². The van der Waals surface area contributed by atoms with E-state index in [4.69, 9.17) is 11.6 Å². The largest absolute Gasteiger partial charge is 0.331 e. The molecule has 0 unspecified atom stereocenters. The zero-order chi connectivity index (χ0) is 16.4. The summed E-state index contributed by atoms with van der Waals surface area (Å²) in [6.07, 6.45) is 0. The maximum Gasteiger partial charge on any atom is 0.223 e. The molecule has 2 aromatic heterocycles. The number of carbonyl (C=O) groups excluding carboxylic acids is 1. The molecule has 8 heteroatoms. The van der Waals surface area contributed by atoms with Gasteiger partial charge in [-0.25, -0.2) is 9.97 Å². The van der Waals surface area contributed by atoms with Gasteiger partial charge in [-0.15, -0.1) is 11.3 Å². The van der Waals surface area contributed by atoms with Gasteiger partial charge < -0.3 is 10.6 Å². The van der Waals surface area contributed by atoms with Crippen LogP contribution in [0.5, 0.6) is 0 Å². The van der Waals surface area contributed by atoms with E-state index in [-0.39, 0.29) is 5.91 Å². The number of benzene rings is 1. The standard InChI is InChI=1S/C15H13ClN4OS2/c1-8-13(23-15(17-8)18-9(2)21)12-7-22-14(20-12)19-11-5-3-4-10(16)6-11/h3-7H,1-2H3,(H,19,20)(H,17,18,21). The molecule has 0 bridgehead atoms. The van der Waals surface area contributed by atoms with Gasteiger partial charge in [0.05, 0.1) is 16.3 Å². The van der Waals surface area contributed by atoms with Crippen molar-refractivity contribution in [2.75, 3.05) is 10.6 Å². The van der Waals surface area contributed by atoms with Crippen LogP contribution in [0.1, 0.15) is 12.6 Å². The van der Waals surface area contributed by atoms with Gasteiger partial charge in [0.2, 0.25) is 5.91 Å². The minimum Gasteiger partial charge on any atom is -0.331 e. The van der Waals surface area contributed by atoms with Crippen molar-refractivity contribution >= 4 is 56.1 Å². The Balaban J connectivity index is 1.81. The number of anilines is 3. The summed E-state index contributed by atoms with van der Waals surface area (Å²) in [6.45, 7) is 3.37. The lowest BCUT2D eigenvalue weighted by molar-refractivity contribution is -0.114. The molecule has 0 atom stereocenters. The van der Waals surface area contributed by atoms with Gasteiger partial charge in [-0.1, -0.05) is 29.0 Å². The Kier molecular flexibility index (Phi) is 4.61. The third-order valence-electron chi connectivity index (χ3n) is 2.89. The fraction of sp³-hybridized carbons (Fsp3) is 0.133. The molecule has 23 heavy (non-hydrogen) atoms. The first-order chi connectivity index (χ1) is 11.0. The van der Waals surface area contributed by atoms with Gasteiger partial charge in [0.15, 0.2) is 10.3 Å². The van der Waals surface area contributed by atoms with Crippen molar-refractivity contribution in [1.82, 2.24) is 9.97 Å². The second-order valence-electron chi connectivity index (χ2n) is 4.79. The zero-order valence-corrected chi connectivity index (χ0v) is 14.8. The third kappa shape index (κ3) is 3.87. The van der Waals surface area contributed by atoms with Gasteiger partial charge in [0.1, 0.15) is 0 Å². The van der Waals surface area contributed by atoms with Gasteiger partial charge in [-0.05, 0) is 25.1 Å². The van der Waals surface area contributed by atoms with Crippen LogP contribution in [0, 0.1) is 6.92 Å². The Morgan fingerprint density at radius 1 is 1.26 bits per heavy atom. The Labute approximate surface area is 146 Å². The predicted molar refractivity (Wildman–Crippen MR) is 97.0 cm³/mol. The van der Waals surface area contributed by atoms with Crippen molar-refractivity contribution in [3.8, 4) is 10.6 Å². The van der Waals surface area contributed by atoms with Crippen molar-refractivity contribution in [1.29, 1.82) is 0 Å². The first-order valence-electron chi connectivity index (χ1n) is 6.75. The minimum absolute atomic E-state index is 0.133. The lowest BCUT2D eigenvalue weighted by Crippen LogP contribution is -2.04. The average molecular weight is 365 g/mol. The number of hydrogen-bond acceptors (Lipinski definition) is 6. The van der Waals surface area contributed by atoms with Gasteiger partial charge in [0, 0.05) is 23.0 Å². The van der Waals surface area contributed by atoms with Crippen molar-refractivity contribution in [3.63, 3.8) is 0 Å². The number of nitrogens with zero attached hydrogens (tertiary/aromatic N) is 2. The van der Waals surface area contributed by atoms with Gasteiger partial charge in [-0.3, -0.25) is 4.79 Å². The van der Waals surface area contributed by atoms with Gasteiger partial charge in [0.25, 0.3) is 0 Å². The summed E-state index contributed by atoms with van der Waals surface area (Å²) in [5.41, 5.74) is 2.57. The first kappa shape index (κ1) is 15.9. The molecule has 5 nitrogen and oxygen atoms in total. The van der Waals surface area contributed by atoms with E-state index >= 15 is 0 Å². The van der Waals surface area contributed by atoms with E-state index in [0.29, 0.717) is 10.2 Å². The number of rotatable bonds is 4. The molecule has 2 heterocycles. The number of aryl methyl sites for hydroxylation is 1. The van der Waals surface area contributed by atoms with E-state index in [1.165, 1.54) is 29.6 Å². The Hall–Kier alpha value is -1.96. The zero-order valence-electron chi connectivity index (χ0n) is 12.4. The molecule has 1 aromatic carbocycles. The normalized spacial score (nSPS) is 10.6. The quantitative estimate of drug-likeness (QED) is 0.688. The summed E-state index contributed by atoms with van der Waals surface area (Å²) in [4.78, 5) is 21.0. The summed E-state index contributed by atoms with van der Waals surface area (Å²) in [7, 11) is 0. The van der Waals surface area contributed by atoms with Crippen molar-refractivity contribution in [2.45, 2.75) is 13.8 Å². The highest BCUT2D eigenvalue weighted by Gasteiger charge is 2.14. The van der Waals surface area contributed by atoms with E-state index < -0.39 is 0 Å². The highest BCUT2D eigenvalue weighted by Crippen LogP contribution is 2.35. The van der Waals surface area contributed by atoms with E-state index in [1.54, 1.807) is 0 Å². The Morgan fingerprint density at radius 3 is 2.83 bits per heavy atom. The van der Waals surface area contributed by atoms with Crippen molar-refractivity contribution < 1.29 is 4.79 Å². The number of halogens is 1. The topological polar surface area (TPSA) is 66.9 Å². The molecule has 118 valence electrons. The molecule has 3 aromatic rings. The monoisotopic (exact) mass is 364 g/mol. The van der Waals surface area contributed by atoms with Crippen LogP contribution in [0.25, 0.3) is 10.6 Å². The molecule has 0 aliphatic carbocycles. The third-order valence-corrected chi connectivity index (χ3v) is 4.98. The fourth-order valence-corrected chi connectivity index (χ4v) is 3.92. The summed E-state index contributed by atoms with van der Waals surface area (Å²) in [6, 6.07) is 7.48. The fourth-order valence-electron chi connectivity index (χ4n) is 1.96. The first-order valence-corrected chi connectivity index (χ1v) is 8.82. The average Bonchev–Trinajstić information content (AvgIpc) is 3.05. The number of amides is 1. The van der Waals surface area contributed by atoms with Crippen molar-refractivity contribution in [2.24, 2.45) is 0 Å². The van der Waals surface area contributed by atoms with Crippen LogP contribution in [-0.2, 0) is 4.79 Å². The van der Waals surface area contributed by atoms with E-state index in [1.807, 2.05) is 36.6 Å². The minimum atomic E-state index is -0.133. The molecule has 0 spiro atoms. The molecule has 1 amide bonds. The highest BCUT2D eigenvalue weighted by molar-refractivity contribution is 7.20. The van der Waals surface area contributed by atoms with Crippen LogP contribution < -0.4 is 10.6 Å². The second-order valence-corrected chi connectivity index (χ2v) is 7.08. The molecular weight excluding hydrogens is 352 g/mol. The number of aromatic nitrogens is 2. The summed E-state index contributed by atoms with van der Waals surface area (Å²) in [5, 5.41) is 9.93. The van der Waals surface area contributed by atoms with Gasteiger partial charge >= 0.3 is 0 Å². The molecule has 3 rings (SSSR count). The number of nitrogens with one attached hydrogen (secondary N) is 2. The molecule has 2 N–H and O–H groups in total. The molecule has 0 radical (unpaired) electrons. The summed E-state index contributed by atoms with van der Waals surface area (Å²) < 4.78 is 0. The summed E-state index contributed by atoms with van der Waals surface area (Å²) >= 11 is 8.90. The maximum atomic E-state index is 11.1. The molecule has 0 saturated carbocycles. The van der Waals surface area contributed by atoms with Gasteiger partial charge in [-0.2, -0.15) is 0 Å². The van der Waals surface area contributed by atoms with Crippen LogP contribution in [0.3, 0.4) is 0 Å². The number of hydrogen-bond donors (Lipinski definition) is 2. The molecule has 0 fully saturated rings. The lowest BCUT2D eigenvalue weighted by Gasteiger charge is -2.02. The van der Waals surface area contributed by atoms with E-state index in [9.17, 15) is 4.79 Å². The lowest BCUT2D eigenvalue weighted by atomic mass is 10.3. The Bertz CT molecular complexity index is 859. The maximum absolute atomic E-state index is 11.1. The van der Waals surface area contributed by atoms with Crippen LogP contribution in [0.4, 0.5) is 16.0 Å². The molecular formula is C15H13ClN4OS2. The number of thiazole rings is 2. The SMILES string of the molecule is CC(=O)Nc1nc(C)c(-c2csc(Nc3cccc(Cl)c3)n2)s1. The van der Waals surface area contributed by atoms with Crippen LogP contribution in [-0.4, -0.2) is 15.9 Å². The predicted octanol–water partition coefficient (Wildman–Crippen LogP) is 4.93. The van der Waals surface area contributed by atoms with E-state index in [0.717, 1.165) is 27.1 Å². The van der Waals surface area contributed by atoms with Crippen molar-refractivity contribution in [3.05, 3.63) is 40.4 Å². The van der Waals surface area contributed by atoms with Crippen LogP contribution in [0.15, 0.2) is 29.6 Å². The van der Waals surface area contributed by atoms with Crippen LogP contribution >= 0.6 is 34.3 Å². The molecule has 0 aliphatic heterocycles. The summed E-state index contributed by atoms with van der Waals surface area (Å²) in [5.74, 6) is -0.133.